The molecule has 0 aromatic heterocycles. The first-order valence-corrected chi connectivity index (χ1v) is 6.86. The van der Waals surface area contributed by atoms with Crippen LogP contribution in [0.1, 0.15) is 46.9 Å². The summed E-state index contributed by atoms with van der Waals surface area (Å²) in [5.41, 5.74) is 0.660. The predicted molar refractivity (Wildman–Crippen MR) is 73.9 cm³/mol. The standard InChI is InChI=1S/C15H19NO4/c1-2-13-9-12(7-8-20-13)16-14(17)10-3-5-11(6-4-10)15(18)19/h3-6,12-13H,2,7-9H2,1H3,(H,16,17)(H,18,19)/t12-,13+/m1/s1. The zero-order valence-corrected chi connectivity index (χ0v) is 11.5. The van der Waals surface area contributed by atoms with Gasteiger partial charge in [-0.1, -0.05) is 6.92 Å². The van der Waals surface area contributed by atoms with Gasteiger partial charge in [0.15, 0.2) is 0 Å². The molecule has 1 aromatic carbocycles. The number of amides is 1. The van der Waals surface area contributed by atoms with Crippen LogP contribution in [0, 0.1) is 0 Å². The molecule has 0 unspecified atom stereocenters. The van der Waals surface area contributed by atoms with E-state index in [2.05, 4.69) is 12.2 Å². The second-order valence-corrected chi connectivity index (χ2v) is 4.98. The van der Waals surface area contributed by atoms with Gasteiger partial charge in [0.05, 0.1) is 11.7 Å². The molecule has 0 bridgehead atoms. The Morgan fingerprint density at radius 3 is 2.55 bits per heavy atom. The lowest BCUT2D eigenvalue weighted by Crippen LogP contribution is -2.41. The number of ether oxygens (including phenoxy) is 1. The summed E-state index contributed by atoms with van der Waals surface area (Å²) < 4.78 is 5.57. The maximum atomic E-state index is 12.1. The summed E-state index contributed by atoms with van der Waals surface area (Å²) in [4.78, 5) is 22.8. The minimum absolute atomic E-state index is 0.125. The summed E-state index contributed by atoms with van der Waals surface area (Å²) in [6, 6.07) is 6.08. The van der Waals surface area contributed by atoms with Gasteiger partial charge in [-0.15, -0.1) is 0 Å². The van der Waals surface area contributed by atoms with Crippen molar-refractivity contribution in [1.82, 2.24) is 5.32 Å². The fourth-order valence-electron chi connectivity index (χ4n) is 2.33. The smallest absolute Gasteiger partial charge is 0.335 e. The Hall–Kier alpha value is -1.88. The van der Waals surface area contributed by atoms with Crippen molar-refractivity contribution in [3.05, 3.63) is 35.4 Å². The van der Waals surface area contributed by atoms with Crippen molar-refractivity contribution in [2.45, 2.75) is 38.3 Å². The molecule has 1 amide bonds. The highest BCUT2D eigenvalue weighted by Gasteiger charge is 2.23. The maximum Gasteiger partial charge on any atom is 0.335 e. The molecule has 5 nitrogen and oxygen atoms in total. The van der Waals surface area contributed by atoms with Crippen LogP contribution >= 0.6 is 0 Å². The Bertz CT molecular complexity index is 483. The average molecular weight is 277 g/mol. The van der Waals surface area contributed by atoms with Crippen LogP contribution in [0.15, 0.2) is 24.3 Å². The Kier molecular flexibility index (Phi) is 4.74. The lowest BCUT2D eigenvalue weighted by molar-refractivity contribution is 0.000618. The summed E-state index contributed by atoms with van der Waals surface area (Å²) in [5.74, 6) is -1.16. The van der Waals surface area contributed by atoms with Crippen molar-refractivity contribution in [3.8, 4) is 0 Å². The van der Waals surface area contributed by atoms with Gasteiger partial charge in [0.1, 0.15) is 0 Å². The minimum Gasteiger partial charge on any atom is -0.478 e. The number of hydrogen-bond donors (Lipinski definition) is 2. The van der Waals surface area contributed by atoms with Crippen LogP contribution in [0.5, 0.6) is 0 Å². The number of carboxylic acid groups (broad SMARTS) is 1. The number of aromatic carboxylic acids is 1. The predicted octanol–water partition coefficient (Wildman–Crippen LogP) is 2.07. The molecule has 2 N–H and O–H groups in total. The normalized spacial score (nSPS) is 22.2. The molecule has 5 heteroatoms. The number of benzene rings is 1. The zero-order valence-electron chi connectivity index (χ0n) is 11.5. The molecular weight excluding hydrogens is 258 g/mol. The fourth-order valence-corrected chi connectivity index (χ4v) is 2.33. The van der Waals surface area contributed by atoms with Crippen molar-refractivity contribution in [2.75, 3.05) is 6.61 Å². The third-order valence-corrected chi connectivity index (χ3v) is 3.55. The van der Waals surface area contributed by atoms with Crippen molar-refractivity contribution in [3.63, 3.8) is 0 Å². The molecule has 0 saturated carbocycles. The molecule has 1 fully saturated rings. The molecule has 0 aliphatic carbocycles. The minimum atomic E-state index is -0.993. The zero-order chi connectivity index (χ0) is 14.5. The largest absolute Gasteiger partial charge is 0.478 e. The van der Waals surface area contributed by atoms with Crippen molar-refractivity contribution in [2.24, 2.45) is 0 Å². The quantitative estimate of drug-likeness (QED) is 0.883. The molecule has 1 aliphatic heterocycles. The van der Waals surface area contributed by atoms with E-state index in [1.807, 2.05) is 0 Å². The number of carbonyl (C=O) groups is 2. The highest BCUT2D eigenvalue weighted by atomic mass is 16.5. The Morgan fingerprint density at radius 2 is 1.95 bits per heavy atom. The van der Waals surface area contributed by atoms with Crippen LogP contribution in [-0.4, -0.2) is 35.7 Å². The van der Waals surface area contributed by atoms with Crippen LogP contribution in [0.2, 0.25) is 0 Å². The first-order valence-electron chi connectivity index (χ1n) is 6.86. The van der Waals surface area contributed by atoms with Gasteiger partial charge in [-0.05, 0) is 43.5 Å². The summed E-state index contributed by atoms with van der Waals surface area (Å²) in [7, 11) is 0. The molecule has 1 saturated heterocycles. The van der Waals surface area contributed by atoms with Crippen molar-refractivity contribution < 1.29 is 19.4 Å². The molecular formula is C15H19NO4. The molecule has 108 valence electrons. The number of rotatable bonds is 4. The number of nitrogens with one attached hydrogen (secondary N) is 1. The van der Waals surface area contributed by atoms with Gasteiger partial charge in [0.25, 0.3) is 5.91 Å². The Labute approximate surface area is 117 Å². The third kappa shape index (κ3) is 3.57. The van der Waals surface area contributed by atoms with Crippen LogP contribution < -0.4 is 5.32 Å². The molecule has 2 rings (SSSR count). The van der Waals surface area contributed by atoms with Crippen LogP contribution in [0.4, 0.5) is 0 Å². The van der Waals surface area contributed by atoms with Crippen LogP contribution in [0.3, 0.4) is 0 Å². The van der Waals surface area contributed by atoms with E-state index in [9.17, 15) is 9.59 Å². The first kappa shape index (κ1) is 14.5. The molecule has 1 aromatic rings. The molecule has 2 atom stereocenters. The molecule has 20 heavy (non-hydrogen) atoms. The SMILES string of the molecule is CC[C@H]1C[C@H](NC(=O)c2ccc(C(=O)O)cc2)CCO1. The first-order chi connectivity index (χ1) is 9.60. The molecule has 0 radical (unpaired) electrons. The molecule has 1 heterocycles. The monoisotopic (exact) mass is 277 g/mol. The number of carboxylic acids is 1. The van der Waals surface area contributed by atoms with Gasteiger partial charge in [0, 0.05) is 18.2 Å². The van der Waals surface area contributed by atoms with E-state index < -0.39 is 5.97 Å². The second-order valence-electron chi connectivity index (χ2n) is 4.98. The van der Waals surface area contributed by atoms with Gasteiger partial charge < -0.3 is 15.2 Å². The second kappa shape index (κ2) is 6.52. The fraction of sp³-hybridized carbons (Fsp3) is 0.467. The van der Waals surface area contributed by atoms with E-state index in [0.29, 0.717) is 12.2 Å². The number of carbonyl (C=O) groups excluding carboxylic acids is 1. The Morgan fingerprint density at radius 1 is 1.30 bits per heavy atom. The van der Waals surface area contributed by atoms with Gasteiger partial charge in [-0.3, -0.25) is 4.79 Å². The van der Waals surface area contributed by atoms with Crippen LogP contribution in [0.25, 0.3) is 0 Å². The highest BCUT2D eigenvalue weighted by molar-refractivity contribution is 5.96. The summed E-state index contributed by atoms with van der Waals surface area (Å²) in [6.07, 6.45) is 2.80. The lowest BCUT2D eigenvalue weighted by atomic mass is 10.0. The maximum absolute atomic E-state index is 12.1. The van der Waals surface area contributed by atoms with Crippen molar-refractivity contribution in [1.29, 1.82) is 0 Å². The van der Waals surface area contributed by atoms with E-state index in [4.69, 9.17) is 9.84 Å². The van der Waals surface area contributed by atoms with Crippen LogP contribution in [-0.2, 0) is 4.74 Å². The summed E-state index contributed by atoms with van der Waals surface area (Å²) in [6.45, 7) is 2.74. The average Bonchev–Trinajstić information content (AvgIpc) is 2.47. The summed E-state index contributed by atoms with van der Waals surface area (Å²) >= 11 is 0. The van der Waals surface area contributed by atoms with Gasteiger partial charge in [-0.25, -0.2) is 4.79 Å². The van der Waals surface area contributed by atoms with E-state index in [0.717, 1.165) is 19.3 Å². The van der Waals surface area contributed by atoms with Gasteiger partial charge >= 0.3 is 5.97 Å². The van der Waals surface area contributed by atoms with Gasteiger partial charge in [-0.2, -0.15) is 0 Å². The molecule has 0 spiro atoms. The lowest BCUT2D eigenvalue weighted by Gasteiger charge is -2.29. The van der Waals surface area contributed by atoms with E-state index in [1.165, 1.54) is 24.3 Å². The Balaban J connectivity index is 1.95. The van der Waals surface area contributed by atoms with Gasteiger partial charge in [0.2, 0.25) is 0 Å². The summed E-state index contributed by atoms with van der Waals surface area (Å²) in [5, 5.41) is 11.8. The highest BCUT2D eigenvalue weighted by Crippen LogP contribution is 2.17. The third-order valence-electron chi connectivity index (χ3n) is 3.55. The number of hydrogen-bond acceptors (Lipinski definition) is 3. The van der Waals surface area contributed by atoms with Crippen molar-refractivity contribution >= 4 is 11.9 Å². The van der Waals surface area contributed by atoms with E-state index in [1.54, 1.807) is 0 Å². The topological polar surface area (TPSA) is 75.6 Å². The van der Waals surface area contributed by atoms with E-state index >= 15 is 0 Å². The van der Waals surface area contributed by atoms with E-state index in [-0.39, 0.29) is 23.6 Å². The molecule has 1 aliphatic rings.